The Bertz CT molecular complexity index is 955. The lowest BCUT2D eigenvalue weighted by Gasteiger charge is -2.10. The zero-order valence-corrected chi connectivity index (χ0v) is 14.4. The zero-order valence-electron chi connectivity index (χ0n) is 14.4. The number of amides is 1. The molecule has 0 aromatic heterocycles. The van der Waals surface area contributed by atoms with Crippen LogP contribution in [0.15, 0.2) is 77.9 Å². The number of hydrogen-bond donors (Lipinski definition) is 3. The average Bonchev–Trinajstić information content (AvgIpc) is 2.69. The lowest BCUT2D eigenvalue weighted by Crippen LogP contribution is -2.24. The van der Waals surface area contributed by atoms with Crippen LogP contribution in [0.5, 0.6) is 17.2 Å². The van der Waals surface area contributed by atoms with Crippen LogP contribution >= 0.6 is 0 Å². The predicted octanol–water partition coefficient (Wildman–Crippen LogP) is 3.29. The molecular weight excluding hydrogens is 344 g/mol. The Hall–Kier alpha value is -3.80. The predicted molar refractivity (Wildman–Crippen MR) is 103 cm³/mol. The van der Waals surface area contributed by atoms with Crippen molar-refractivity contribution in [2.45, 2.75) is 0 Å². The molecule has 3 aromatic carbocycles. The Morgan fingerprint density at radius 3 is 2.52 bits per heavy atom. The van der Waals surface area contributed by atoms with Gasteiger partial charge in [0.1, 0.15) is 17.2 Å². The number of nitrogens with one attached hydrogen (secondary N) is 1. The number of phenols is 2. The maximum absolute atomic E-state index is 11.9. The molecule has 0 heterocycles. The van der Waals surface area contributed by atoms with Crippen LogP contribution in [0.4, 0.5) is 0 Å². The fourth-order valence-corrected chi connectivity index (χ4v) is 2.44. The molecule has 0 spiro atoms. The third kappa shape index (κ3) is 4.85. The summed E-state index contributed by atoms with van der Waals surface area (Å²) in [4.78, 5) is 11.9. The molecule has 3 aromatic rings. The minimum absolute atomic E-state index is 0.0563. The smallest absolute Gasteiger partial charge is 0.277 e. The third-order valence-corrected chi connectivity index (χ3v) is 3.74. The fourth-order valence-electron chi connectivity index (χ4n) is 2.44. The molecule has 0 unspecified atom stereocenters. The van der Waals surface area contributed by atoms with Gasteiger partial charge >= 0.3 is 0 Å². The van der Waals surface area contributed by atoms with Gasteiger partial charge in [-0.15, -0.1) is 0 Å². The van der Waals surface area contributed by atoms with E-state index in [1.807, 2.05) is 48.5 Å². The summed E-state index contributed by atoms with van der Waals surface area (Å²) in [5.41, 5.74) is 4.59. The first-order chi connectivity index (χ1) is 13.1. The van der Waals surface area contributed by atoms with Crippen LogP contribution in [-0.2, 0) is 4.79 Å². The number of para-hydroxylation sites is 1. The Morgan fingerprint density at radius 1 is 1.00 bits per heavy atom. The molecule has 3 N–H and O–H groups in total. The summed E-state index contributed by atoms with van der Waals surface area (Å²) in [5, 5.41) is 22.7. The molecule has 0 bridgehead atoms. The summed E-state index contributed by atoms with van der Waals surface area (Å²) in [6, 6.07) is 21.3. The third-order valence-electron chi connectivity index (χ3n) is 3.74. The van der Waals surface area contributed by atoms with E-state index >= 15 is 0 Å². The van der Waals surface area contributed by atoms with Gasteiger partial charge in [-0.1, -0.05) is 48.5 Å². The van der Waals surface area contributed by atoms with E-state index in [1.54, 1.807) is 6.07 Å². The molecule has 3 rings (SSSR count). The van der Waals surface area contributed by atoms with Crippen LogP contribution in [-0.4, -0.2) is 28.9 Å². The molecule has 6 heteroatoms. The van der Waals surface area contributed by atoms with Crippen molar-refractivity contribution in [3.8, 4) is 28.4 Å². The highest BCUT2D eigenvalue weighted by atomic mass is 16.5. The van der Waals surface area contributed by atoms with Crippen LogP contribution in [0.1, 0.15) is 5.56 Å². The number of rotatable bonds is 6. The second-order valence-corrected chi connectivity index (χ2v) is 5.69. The van der Waals surface area contributed by atoms with E-state index in [0.29, 0.717) is 11.3 Å². The lowest BCUT2D eigenvalue weighted by atomic mass is 10.1. The SMILES string of the molecule is O=C(COc1ccccc1-c1ccccc1)N/N=C/c1ccc(O)cc1O. The van der Waals surface area contributed by atoms with Crippen molar-refractivity contribution in [1.82, 2.24) is 5.43 Å². The number of ether oxygens (including phenoxy) is 1. The first-order valence-corrected chi connectivity index (χ1v) is 8.24. The second kappa shape index (κ2) is 8.53. The summed E-state index contributed by atoms with van der Waals surface area (Å²) < 4.78 is 5.63. The molecule has 136 valence electrons. The van der Waals surface area contributed by atoms with Crippen molar-refractivity contribution in [3.63, 3.8) is 0 Å². The van der Waals surface area contributed by atoms with Gasteiger partial charge in [-0.3, -0.25) is 4.79 Å². The molecule has 0 aliphatic heterocycles. The lowest BCUT2D eigenvalue weighted by molar-refractivity contribution is -0.123. The van der Waals surface area contributed by atoms with Gasteiger partial charge < -0.3 is 14.9 Å². The van der Waals surface area contributed by atoms with Crippen LogP contribution in [0.3, 0.4) is 0 Å². The van der Waals surface area contributed by atoms with E-state index < -0.39 is 5.91 Å². The minimum atomic E-state index is -0.438. The Morgan fingerprint density at radius 2 is 1.74 bits per heavy atom. The van der Waals surface area contributed by atoms with Gasteiger partial charge in [-0.25, -0.2) is 5.43 Å². The van der Waals surface area contributed by atoms with E-state index in [-0.39, 0.29) is 18.1 Å². The summed E-state index contributed by atoms with van der Waals surface area (Å²) in [6.45, 7) is -0.206. The van der Waals surface area contributed by atoms with Gasteiger partial charge in [0, 0.05) is 17.2 Å². The standard InChI is InChI=1S/C21H18N2O4/c24-17-11-10-16(19(25)12-17)13-22-23-21(26)14-27-20-9-5-4-8-18(20)15-6-2-1-3-7-15/h1-13,24-25H,14H2,(H,23,26)/b22-13+. The van der Waals surface area contributed by atoms with Gasteiger partial charge in [-0.05, 0) is 23.8 Å². The number of phenolic OH excluding ortho intramolecular Hbond substituents is 2. The number of aromatic hydroxyl groups is 2. The van der Waals surface area contributed by atoms with Crippen LogP contribution < -0.4 is 10.2 Å². The summed E-state index contributed by atoms with van der Waals surface area (Å²) in [6.07, 6.45) is 1.28. The first kappa shape index (κ1) is 18.0. The largest absolute Gasteiger partial charge is 0.508 e. The maximum Gasteiger partial charge on any atom is 0.277 e. The molecule has 0 fully saturated rings. The number of benzene rings is 3. The fraction of sp³-hybridized carbons (Fsp3) is 0.0476. The van der Waals surface area contributed by atoms with Crippen LogP contribution in [0.25, 0.3) is 11.1 Å². The molecule has 0 saturated heterocycles. The minimum Gasteiger partial charge on any atom is -0.508 e. The van der Waals surface area contributed by atoms with Gasteiger partial charge in [0.15, 0.2) is 6.61 Å². The first-order valence-electron chi connectivity index (χ1n) is 8.24. The van der Waals surface area contributed by atoms with Gasteiger partial charge in [0.2, 0.25) is 0 Å². The van der Waals surface area contributed by atoms with E-state index in [0.717, 1.165) is 11.1 Å². The van der Waals surface area contributed by atoms with E-state index in [4.69, 9.17) is 4.74 Å². The van der Waals surface area contributed by atoms with Crippen molar-refractivity contribution in [2.24, 2.45) is 5.10 Å². The maximum atomic E-state index is 11.9. The number of hydrazone groups is 1. The number of nitrogens with zero attached hydrogens (tertiary/aromatic N) is 1. The van der Waals surface area contributed by atoms with Crippen LogP contribution in [0, 0.1) is 0 Å². The molecule has 1 amide bonds. The molecule has 0 aliphatic carbocycles. The number of carbonyl (C=O) groups is 1. The molecule has 0 aliphatic rings. The number of carbonyl (C=O) groups excluding carboxylic acids is 1. The topological polar surface area (TPSA) is 91.2 Å². The van der Waals surface area contributed by atoms with Gasteiger partial charge in [-0.2, -0.15) is 5.10 Å². The molecule has 6 nitrogen and oxygen atoms in total. The summed E-state index contributed by atoms with van der Waals surface area (Å²) in [7, 11) is 0. The van der Waals surface area contributed by atoms with Crippen molar-refractivity contribution in [1.29, 1.82) is 0 Å². The Kier molecular flexibility index (Phi) is 5.69. The van der Waals surface area contributed by atoms with Crippen LogP contribution in [0.2, 0.25) is 0 Å². The van der Waals surface area contributed by atoms with E-state index in [9.17, 15) is 15.0 Å². The van der Waals surface area contributed by atoms with Gasteiger partial charge in [0.25, 0.3) is 5.91 Å². The molecule has 0 radical (unpaired) electrons. The summed E-state index contributed by atoms with van der Waals surface area (Å²) in [5.74, 6) is -0.0356. The number of hydrogen-bond acceptors (Lipinski definition) is 5. The molecule has 0 atom stereocenters. The van der Waals surface area contributed by atoms with E-state index in [2.05, 4.69) is 10.5 Å². The second-order valence-electron chi connectivity index (χ2n) is 5.69. The zero-order chi connectivity index (χ0) is 19.1. The summed E-state index contributed by atoms with van der Waals surface area (Å²) >= 11 is 0. The quantitative estimate of drug-likeness (QED) is 0.463. The molecule has 0 saturated carbocycles. The monoisotopic (exact) mass is 362 g/mol. The highest BCUT2D eigenvalue weighted by Crippen LogP contribution is 2.29. The highest BCUT2D eigenvalue weighted by molar-refractivity contribution is 5.85. The van der Waals surface area contributed by atoms with E-state index in [1.165, 1.54) is 24.4 Å². The normalized spacial score (nSPS) is 10.7. The molecular formula is C21H18N2O4. The Balaban J connectivity index is 1.59. The van der Waals surface area contributed by atoms with Crippen molar-refractivity contribution >= 4 is 12.1 Å². The van der Waals surface area contributed by atoms with Crippen molar-refractivity contribution < 1.29 is 19.7 Å². The van der Waals surface area contributed by atoms with Gasteiger partial charge in [0.05, 0.1) is 6.21 Å². The van der Waals surface area contributed by atoms with Crippen molar-refractivity contribution in [2.75, 3.05) is 6.61 Å². The Labute approximate surface area is 156 Å². The molecule has 27 heavy (non-hydrogen) atoms. The highest BCUT2D eigenvalue weighted by Gasteiger charge is 2.08. The average molecular weight is 362 g/mol. The van der Waals surface area contributed by atoms with Crippen molar-refractivity contribution in [3.05, 3.63) is 78.4 Å².